The third kappa shape index (κ3) is 4.14. The zero-order chi connectivity index (χ0) is 13.2. The second-order valence-corrected chi connectivity index (χ2v) is 5.77. The lowest BCUT2D eigenvalue weighted by molar-refractivity contribution is -0.191. The third-order valence-electron chi connectivity index (χ3n) is 4.03. The minimum absolute atomic E-state index is 0.0441. The van der Waals surface area contributed by atoms with Crippen molar-refractivity contribution in [1.29, 1.82) is 0 Å². The van der Waals surface area contributed by atoms with Crippen molar-refractivity contribution in [2.75, 3.05) is 0 Å². The highest BCUT2D eigenvalue weighted by Crippen LogP contribution is 2.41. The lowest BCUT2D eigenvalue weighted by Crippen LogP contribution is -2.30. The summed E-state index contributed by atoms with van der Waals surface area (Å²) in [4.78, 5) is 0. The predicted octanol–water partition coefficient (Wildman–Crippen LogP) is 4.99. The standard InChI is InChI=1S/C13H22F4/c1-8-6-9(2)11(13(15,16)17)4-5-12(14)10(3)7-8/h8-12H,4-7H2,1-3H3/t8?,9?,10?,11?,12-/m1/s1. The number of hydrogen-bond donors (Lipinski definition) is 0. The van der Waals surface area contributed by atoms with Crippen molar-refractivity contribution < 1.29 is 17.6 Å². The summed E-state index contributed by atoms with van der Waals surface area (Å²) in [6.07, 6.45) is -4.07. The molecule has 1 aliphatic carbocycles. The van der Waals surface area contributed by atoms with Gasteiger partial charge in [-0.3, -0.25) is 0 Å². The van der Waals surface area contributed by atoms with Crippen molar-refractivity contribution in [3.05, 3.63) is 0 Å². The molecule has 17 heavy (non-hydrogen) atoms. The van der Waals surface area contributed by atoms with Crippen LogP contribution in [0.2, 0.25) is 0 Å². The highest BCUT2D eigenvalue weighted by molar-refractivity contribution is 4.81. The molecule has 0 radical (unpaired) electrons. The van der Waals surface area contributed by atoms with Crippen LogP contribution in [-0.4, -0.2) is 12.3 Å². The quantitative estimate of drug-likeness (QED) is 0.534. The Morgan fingerprint density at radius 1 is 0.882 bits per heavy atom. The molecule has 1 fully saturated rings. The summed E-state index contributed by atoms with van der Waals surface area (Å²) in [6, 6.07) is 0. The van der Waals surface area contributed by atoms with Gasteiger partial charge in [-0.2, -0.15) is 13.2 Å². The zero-order valence-electron chi connectivity index (χ0n) is 10.7. The van der Waals surface area contributed by atoms with E-state index in [9.17, 15) is 17.6 Å². The molecule has 0 spiro atoms. The molecule has 0 N–H and O–H groups in total. The molecule has 0 amide bonds. The van der Waals surface area contributed by atoms with E-state index in [1.54, 1.807) is 13.8 Å². The molecular weight excluding hydrogens is 232 g/mol. The van der Waals surface area contributed by atoms with E-state index >= 15 is 0 Å². The van der Waals surface area contributed by atoms with E-state index in [1.165, 1.54) is 0 Å². The van der Waals surface area contributed by atoms with Crippen LogP contribution < -0.4 is 0 Å². The SMILES string of the molecule is CC1CC(C)C(C(F)(F)F)CC[C@@H](F)C(C)C1. The molecule has 0 bridgehead atoms. The second-order valence-electron chi connectivity index (χ2n) is 5.77. The molecule has 0 aromatic carbocycles. The summed E-state index contributed by atoms with van der Waals surface area (Å²) in [7, 11) is 0. The number of alkyl halides is 4. The average molecular weight is 254 g/mol. The number of hydrogen-bond acceptors (Lipinski definition) is 0. The maximum Gasteiger partial charge on any atom is 0.392 e. The Bertz CT molecular complexity index is 236. The van der Waals surface area contributed by atoms with Gasteiger partial charge < -0.3 is 0 Å². The van der Waals surface area contributed by atoms with Crippen LogP contribution in [0.5, 0.6) is 0 Å². The first-order valence-corrected chi connectivity index (χ1v) is 6.42. The van der Waals surface area contributed by atoms with Gasteiger partial charge in [-0.1, -0.05) is 20.8 Å². The van der Waals surface area contributed by atoms with Gasteiger partial charge in [0.05, 0.1) is 5.92 Å². The van der Waals surface area contributed by atoms with Gasteiger partial charge >= 0.3 is 6.18 Å². The van der Waals surface area contributed by atoms with Crippen LogP contribution in [0.15, 0.2) is 0 Å². The van der Waals surface area contributed by atoms with E-state index in [0.717, 1.165) is 0 Å². The molecule has 4 heteroatoms. The van der Waals surface area contributed by atoms with Gasteiger partial charge in [0.1, 0.15) is 6.17 Å². The maximum absolute atomic E-state index is 13.7. The minimum atomic E-state index is -4.19. The molecule has 4 unspecified atom stereocenters. The van der Waals surface area contributed by atoms with Crippen LogP contribution in [0.4, 0.5) is 17.6 Å². The van der Waals surface area contributed by atoms with E-state index in [-0.39, 0.29) is 24.7 Å². The van der Waals surface area contributed by atoms with Crippen LogP contribution in [0.25, 0.3) is 0 Å². The Labute approximate surface area is 101 Å². The highest BCUT2D eigenvalue weighted by Gasteiger charge is 2.43. The van der Waals surface area contributed by atoms with E-state index in [4.69, 9.17) is 0 Å². The van der Waals surface area contributed by atoms with E-state index in [0.29, 0.717) is 12.8 Å². The summed E-state index contributed by atoms with van der Waals surface area (Å²) in [5, 5.41) is 0. The molecule has 0 aromatic heterocycles. The smallest absolute Gasteiger partial charge is 0.247 e. The number of halogens is 4. The Morgan fingerprint density at radius 3 is 1.94 bits per heavy atom. The van der Waals surface area contributed by atoms with Gasteiger partial charge in [-0.05, 0) is 43.4 Å². The molecule has 1 saturated carbocycles. The summed E-state index contributed by atoms with van der Waals surface area (Å²) in [5.74, 6) is -1.69. The first-order chi connectivity index (χ1) is 7.71. The molecule has 102 valence electrons. The van der Waals surface area contributed by atoms with Crippen molar-refractivity contribution in [3.8, 4) is 0 Å². The van der Waals surface area contributed by atoms with Gasteiger partial charge in [-0.25, -0.2) is 4.39 Å². The minimum Gasteiger partial charge on any atom is -0.247 e. The Morgan fingerprint density at radius 2 is 1.41 bits per heavy atom. The largest absolute Gasteiger partial charge is 0.392 e. The molecular formula is C13H22F4. The molecule has 0 aromatic rings. The van der Waals surface area contributed by atoms with Crippen molar-refractivity contribution in [1.82, 2.24) is 0 Å². The normalized spacial score (nSPS) is 41.5. The van der Waals surface area contributed by atoms with Crippen molar-refractivity contribution in [2.45, 2.75) is 58.8 Å². The van der Waals surface area contributed by atoms with Gasteiger partial charge in [0, 0.05) is 0 Å². The van der Waals surface area contributed by atoms with Crippen LogP contribution in [0.1, 0.15) is 46.5 Å². The first-order valence-electron chi connectivity index (χ1n) is 6.42. The molecule has 1 rings (SSSR count). The average Bonchev–Trinajstić information content (AvgIpc) is 2.17. The molecule has 0 nitrogen and oxygen atoms in total. The second kappa shape index (κ2) is 5.57. The van der Waals surface area contributed by atoms with Crippen LogP contribution in [0.3, 0.4) is 0 Å². The number of rotatable bonds is 0. The van der Waals surface area contributed by atoms with Crippen molar-refractivity contribution in [3.63, 3.8) is 0 Å². The van der Waals surface area contributed by atoms with Gasteiger partial charge in [-0.15, -0.1) is 0 Å². The van der Waals surface area contributed by atoms with E-state index in [1.807, 2.05) is 6.92 Å². The van der Waals surface area contributed by atoms with Gasteiger partial charge in [0.15, 0.2) is 0 Å². The van der Waals surface area contributed by atoms with E-state index < -0.39 is 24.2 Å². The Hall–Kier alpha value is -0.280. The van der Waals surface area contributed by atoms with Crippen molar-refractivity contribution >= 4 is 0 Å². The first kappa shape index (κ1) is 14.8. The lowest BCUT2D eigenvalue weighted by Gasteiger charge is -2.27. The summed E-state index contributed by atoms with van der Waals surface area (Å²) in [5.41, 5.74) is 0. The maximum atomic E-state index is 13.7. The van der Waals surface area contributed by atoms with Crippen LogP contribution >= 0.6 is 0 Å². The Balaban J connectivity index is 2.80. The lowest BCUT2D eigenvalue weighted by atomic mass is 9.83. The van der Waals surface area contributed by atoms with E-state index in [2.05, 4.69) is 0 Å². The fraction of sp³-hybridized carbons (Fsp3) is 1.00. The topological polar surface area (TPSA) is 0 Å². The van der Waals surface area contributed by atoms with Crippen molar-refractivity contribution in [2.24, 2.45) is 23.7 Å². The van der Waals surface area contributed by atoms with Crippen LogP contribution in [0, 0.1) is 23.7 Å². The molecule has 5 atom stereocenters. The molecule has 0 heterocycles. The molecule has 0 saturated heterocycles. The van der Waals surface area contributed by atoms with Gasteiger partial charge in [0.2, 0.25) is 0 Å². The summed E-state index contributed by atoms with van der Waals surface area (Å²) in [6.45, 7) is 5.39. The zero-order valence-corrected chi connectivity index (χ0v) is 10.7. The third-order valence-corrected chi connectivity index (χ3v) is 4.03. The van der Waals surface area contributed by atoms with Crippen LogP contribution in [-0.2, 0) is 0 Å². The Kier molecular flexibility index (Phi) is 4.85. The molecule has 1 aliphatic rings. The fourth-order valence-corrected chi connectivity index (χ4v) is 3.07. The van der Waals surface area contributed by atoms with Gasteiger partial charge in [0.25, 0.3) is 0 Å². The monoisotopic (exact) mass is 254 g/mol. The molecule has 0 aliphatic heterocycles. The summed E-state index contributed by atoms with van der Waals surface area (Å²) < 4.78 is 52.3. The predicted molar refractivity (Wildman–Crippen MR) is 60.4 cm³/mol. The fourth-order valence-electron chi connectivity index (χ4n) is 3.07. The summed E-state index contributed by atoms with van der Waals surface area (Å²) >= 11 is 0. The highest BCUT2D eigenvalue weighted by atomic mass is 19.4.